The summed E-state index contributed by atoms with van der Waals surface area (Å²) in [5.74, 6) is 2.85. The van der Waals surface area contributed by atoms with Crippen LogP contribution in [-0.2, 0) is 12.3 Å². The molecular weight excluding hydrogens is 468 g/mol. The molecule has 0 bridgehead atoms. The summed E-state index contributed by atoms with van der Waals surface area (Å²) in [5.41, 5.74) is 5.01. The molecule has 1 saturated heterocycles. The summed E-state index contributed by atoms with van der Waals surface area (Å²) in [6.45, 7) is 6.84. The summed E-state index contributed by atoms with van der Waals surface area (Å²) in [6, 6.07) is 18.1. The van der Waals surface area contributed by atoms with E-state index in [2.05, 4.69) is 47.7 Å². The van der Waals surface area contributed by atoms with E-state index in [0.29, 0.717) is 18.4 Å². The number of nitrogens with zero attached hydrogens (tertiary/aromatic N) is 4. The number of piperidine rings is 1. The van der Waals surface area contributed by atoms with Gasteiger partial charge in [0.05, 0.1) is 30.9 Å². The molecule has 0 saturated carbocycles. The maximum atomic E-state index is 13.0. The average Bonchev–Trinajstić information content (AvgIpc) is 3.24. The van der Waals surface area contributed by atoms with Crippen LogP contribution < -0.4 is 4.74 Å². The Morgan fingerprint density at radius 1 is 1.06 bits per heavy atom. The number of hydrogen-bond donors (Lipinski definition) is 0. The van der Waals surface area contributed by atoms with Crippen LogP contribution in [0.1, 0.15) is 41.8 Å². The standard InChI is InChI=1S/C29H32N4O2S/c1-20-13-21(2)17-32(16-20)28(34)24-9-7-22(8-10-24)19-36-29-31-26-11-12-30-15-27(26)33(29)18-23-5-4-6-25(14-23)35-3/h4-12,14-15,20-21H,13,16-19H2,1-3H3/t20-,21-/m0/s1. The highest BCUT2D eigenvalue weighted by Gasteiger charge is 2.26. The summed E-state index contributed by atoms with van der Waals surface area (Å²) in [5, 5.41) is 0.942. The first-order chi connectivity index (χ1) is 17.5. The molecule has 186 valence electrons. The van der Waals surface area contributed by atoms with Crippen molar-refractivity contribution < 1.29 is 9.53 Å². The highest BCUT2D eigenvalue weighted by Crippen LogP contribution is 2.28. The largest absolute Gasteiger partial charge is 0.497 e. The zero-order chi connectivity index (χ0) is 25.1. The maximum absolute atomic E-state index is 13.0. The second kappa shape index (κ2) is 10.7. The Balaban J connectivity index is 1.31. The van der Waals surface area contributed by atoms with E-state index in [9.17, 15) is 4.79 Å². The number of carbonyl (C=O) groups is 1. The third-order valence-electron chi connectivity index (χ3n) is 6.72. The molecule has 0 aliphatic carbocycles. The molecular formula is C29H32N4O2S. The molecule has 5 rings (SSSR count). The van der Waals surface area contributed by atoms with E-state index >= 15 is 0 Å². The fraction of sp³-hybridized carbons (Fsp3) is 0.345. The first-order valence-electron chi connectivity index (χ1n) is 12.4. The zero-order valence-corrected chi connectivity index (χ0v) is 21.9. The van der Waals surface area contributed by atoms with Crippen LogP contribution in [0.4, 0.5) is 0 Å². The number of pyridine rings is 1. The fourth-order valence-corrected chi connectivity index (χ4v) is 6.04. The number of hydrogen-bond acceptors (Lipinski definition) is 5. The molecule has 0 radical (unpaired) electrons. The molecule has 3 heterocycles. The van der Waals surface area contributed by atoms with Gasteiger partial charge in [-0.25, -0.2) is 4.98 Å². The van der Waals surface area contributed by atoms with Crippen LogP contribution in [0.5, 0.6) is 5.75 Å². The second-order valence-electron chi connectivity index (χ2n) is 9.84. The van der Waals surface area contributed by atoms with Gasteiger partial charge < -0.3 is 14.2 Å². The summed E-state index contributed by atoms with van der Waals surface area (Å²) in [4.78, 5) is 24.3. The Morgan fingerprint density at radius 3 is 2.58 bits per heavy atom. The van der Waals surface area contributed by atoms with Gasteiger partial charge in [0.15, 0.2) is 5.16 Å². The lowest BCUT2D eigenvalue weighted by Gasteiger charge is -2.35. The van der Waals surface area contributed by atoms with Gasteiger partial charge in [0.2, 0.25) is 0 Å². The van der Waals surface area contributed by atoms with E-state index in [1.807, 2.05) is 41.4 Å². The van der Waals surface area contributed by atoms with Crippen LogP contribution in [0, 0.1) is 11.8 Å². The highest BCUT2D eigenvalue weighted by atomic mass is 32.2. The van der Waals surface area contributed by atoms with E-state index in [-0.39, 0.29) is 5.91 Å². The zero-order valence-electron chi connectivity index (χ0n) is 21.1. The van der Waals surface area contributed by atoms with Crippen molar-refractivity contribution in [1.82, 2.24) is 19.4 Å². The van der Waals surface area contributed by atoms with Gasteiger partial charge in [-0.1, -0.05) is 49.9 Å². The van der Waals surface area contributed by atoms with Gasteiger partial charge in [-0.2, -0.15) is 0 Å². The summed E-state index contributed by atoms with van der Waals surface area (Å²) >= 11 is 1.70. The molecule has 0 spiro atoms. The van der Waals surface area contributed by atoms with Crippen molar-refractivity contribution in [3.8, 4) is 5.75 Å². The highest BCUT2D eigenvalue weighted by molar-refractivity contribution is 7.98. The average molecular weight is 501 g/mol. The predicted molar refractivity (Wildman–Crippen MR) is 144 cm³/mol. The van der Waals surface area contributed by atoms with E-state index in [0.717, 1.165) is 57.5 Å². The minimum atomic E-state index is 0.139. The molecule has 2 aromatic carbocycles. The van der Waals surface area contributed by atoms with E-state index < -0.39 is 0 Å². The Labute approximate surface area is 216 Å². The van der Waals surface area contributed by atoms with Crippen molar-refractivity contribution in [2.24, 2.45) is 11.8 Å². The number of methoxy groups -OCH3 is 1. The van der Waals surface area contributed by atoms with Crippen LogP contribution >= 0.6 is 11.8 Å². The van der Waals surface area contributed by atoms with Crippen LogP contribution in [0.25, 0.3) is 11.0 Å². The lowest BCUT2D eigenvalue weighted by molar-refractivity contribution is 0.0623. The van der Waals surface area contributed by atoms with Gasteiger partial charge in [0, 0.05) is 30.6 Å². The molecule has 7 heteroatoms. The number of ether oxygens (including phenoxy) is 1. The molecule has 0 N–H and O–H groups in total. The van der Waals surface area contributed by atoms with Gasteiger partial charge >= 0.3 is 0 Å². The molecule has 1 aliphatic rings. The van der Waals surface area contributed by atoms with Gasteiger partial charge in [0.1, 0.15) is 5.75 Å². The number of imidazole rings is 1. The number of benzene rings is 2. The van der Waals surface area contributed by atoms with Crippen LogP contribution in [0.15, 0.2) is 72.1 Å². The Hall–Kier alpha value is -3.32. The fourth-order valence-electron chi connectivity index (χ4n) is 5.07. The molecule has 36 heavy (non-hydrogen) atoms. The topological polar surface area (TPSA) is 60.2 Å². The van der Waals surface area contributed by atoms with E-state index in [4.69, 9.17) is 9.72 Å². The van der Waals surface area contributed by atoms with Crippen LogP contribution in [-0.4, -0.2) is 45.5 Å². The summed E-state index contributed by atoms with van der Waals surface area (Å²) < 4.78 is 7.61. The SMILES string of the molecule is COc1cccc(Cn2c(SCc3ccc(C(=O)N4C[C@@H](C)C[C@H](C)C4)cc3)nc3ccncc32)c1. The Bertz CT molecular complexity index is 1340. The number of carbonyl (C=O) groups excluding carboxylic acids is 1. The quantitative estimate of drug-likeness (QED) is 0.296. The van der Waals surface area contributed by atoms with Gasteiger partial charge in [-0.3, -0.25) is 9.78 Å². The van der Waals surface area contributed by atoms with Gasteiger partial charge in [0.25, 0.3) is 5.91 Å². The van der Waals surface area contributed by atoms with Gasteiger partial charge in [-0.15, -0.1) is 0 Å². The molecule has 2 atom stereocenters. The Kier molecular flexibility index (Phi) is 7.28. The first-order valence-corrected chi connectivity index (χ1v) is 13.4. The van der Waals surface area contributed by atoms with Crippen molar-refractivity contribution in [3.63, 3.8) is 0 Å². The number of aromatic nitrogens is 3. The number of thioether (sulfide) groups is 1. The minimum Gasteiger partial charge on any atom is -0.497 e. The van der Waals surface area contributed by atoms with Crippen molar-refractivity contribution in [3.05, 3.63) is 83.7 Å². The summed E-state index contributed by atoms with van der Waals surface area (Å²) in [7, 11) is 1.68. The molecule has 1 aliphatic heterocycles. The normalized spacial score (nSPS) is 17.9. The molecule has 1 amide bonds. The minimum absolute atomic E-state index is 0.139. The van der Waals surface area contributed by atoms with E-state index in [1.165, 1.54) is 6.42 Å². The second-order valence-corrected chi connectivity index (χ2v) is 10.8. The number of fused-ring (bicyclic) bond motifs is 1. The maximum Gasteiger partial charge on any atom is 0.253 e. The lowest BCUT2D eigenvalue weighted by atomic mass is 9.91. The van der Waals surface area contributed by atoms with Crippen LogP contribution in [0.2, 0.25) is 0 Å². The summed E-state index contributed by atoms with van der Waals surface area (Å²) in [6.07, 6.45) is 4.84. The molecule has 1 fully saturated rings. The number of likely N-dealkylation sites (tertiary alicyclic amines) is 1. The van der Waals surface area contributed by atoms with Crippen LogP contribution in [0.3, 0.4) is 0 Å². The van der Waals surface area contributed by atoms with Gasteiger partial charge in [-0.05, 0) is 59.7 Å². The van der Waals surface area contributed by atoms with E-state index in [1.54, 1.807) is 25.1 Å². The third kappa shape index (κ3) is 5.41. The first kappa shape index (κ1) is 24.4. The third-order valence-corrected chi connectivity index (χ3v) is 7.76. The molecule has 6 nitrogen and oxygen atoms in total. The number of rotatable bonds is 7. The predicted octanol–water partition coefficient (Wildman–Crippen LogP) is 5.90. The number of amides is 1. The van der Waals surface area contributed by atoms with Crippen molar-refractivity contribution in [2.75, 3.05) is 20.2 Å². The molecule has 2 aromatic heterocycles. The lowest BCUT2D eigenvalue weighted by Crippen LogP contribution is -2.42. The smallest absolute Gasteiger partial charge is 0.253 e. The van der Waals surface area contributed by atoms with Crippen molar-refractivity contribution in [1.29, 1.82) is 0 Å². The molecule has 0 unspecified atom stereocenters. The van der Waals surface area contributed by atoms with Crippen molar-refractivity contribution >= 4 is 28.7 Å². The van der Waals surface area contributed by atoms with Crippen molar-refractivity contribution in [2.45, 2.75) is 37.7 Å². The Morgan fingerprint density at radius 2 is 1.83 bits per heavy atom. The molecule has 4 aromatic rings. The monoisotopic (exact) mass is 500 g/mol.